The fourth-order valence-electron chi connectivity index (χ4n) is 2.35. The molecule has 1 aliphatic heterocycles. The van der Waals surface area contributed by atoms with Crippen molar-refractivity contribution in [1.82, 2.24) is 4.90 Å². The lowest BCUT2D eigenvalue weighted by atomic mass is 9.99. The fraction of sp³-hybridized carbons (Fsp3) is 0.583. The summed E-state index contributed by atoms with van der Waals surface area (Å²) in [7, 11) is 0. The van der Waals surface area contributed by atoms with E-state index in [2.05, 4.69) is 31.9 Å². The Morgan fingerprint density at radius 1 is 1.50 bits per heavy atom. The summed E-state index contributed by atoms with van der Waals surface area (Å²) in [5.41, 5.74) is 5.64. The van der Waals surface area contributed by atoms with Crippen LogP contribution in [0.1, 0.15) is 35.4 Å². The Morgan fingerprint density at radius 2 is 2.28 bits per heavy atom. The normalized spacial score (nSPS) is 20.2. The maximum Gasteiger partial charge on any atom is 0.264 e. The molecule has 1 aromatic rings. The molecule has 2 N–H and O–H groups in total. The number of likely N-dealkylation sites (tertiary alicyclic amines) is 1. The van der Waals surface area contributed by atoms with Crippen LogP contribution in [0.3, 0.4) is 0 Å². The summed E-state index contributed by atoms with van der Waals surface area (Å²) < 4.78 is 1.92. The van der Waals surface area contributed by atoms with Crippen molar-refractivity contribution < 1.29 is 4.79 Å². The number of halogens is 2. The summed E-state index contributed by atoms with van der Waals surface area (Å²) in [6.45, 7) is 1.50. The van der Waals surface area contributed by atoms with Crippen LogP contribution < -0.4 is 5.73 Å². The molecule has 2 heterocycles. The molecule has 0 bridgehead atoms. The third-order valence-corrected chi connectivity index (χ3v) is 6.49. The highest BCUT2D eigenvalue weighted by atomic mass is 79.9. The largest absolute Gasteiger partial charge is 0.335 e. The molecule has 6 heteroatoms. The molecule has 1 aromatic heterocycles. The van der Waals surface area contributed by atoms with E-state index in [0.717, 1.165) is 38.9 Å². The van der Waals surface area contributed by atoms with E-state index in [4.69, 9.17) is 5.73 Å². The van der Waals surface area contributed by atoms with E-state index in [1.54, 1.807) is 0 Å². The second-order valence-corrected chi connectivity index (χ2v) is 7.68. The molecule has 3 nitrogen and oxygen atoms in total. The van der Waals surface area contributed by atoms with Gasteiger partial charge in [-0.15, -0.1) is 11.3 Å². The van der Waals surface area contributed by atoms with Crippen molar-refractivity contribution in [3.05, 3.63) is 19.2 Å². The predicted octanol–water partition coefficient (Wildman–Crippen LogP) is 3.62. The number of hydrogen-bond donors (Lipinski definition) is 1. The summed E-state index contributed by atoms with van der Waals surface area (Å²) >= 11 is 8.35. The van der Waals surface area contributed by atoms with Crippen molar-refractivity contribution in [2.75, 3.05) is 13.1 Å². The number of nitrogens with two attached hydrogens (primary N) is 1. The molecule has 2 rings (SSSR count). The quantitative estimate of drug-likeness (QED) is 0.849. The second-order valence-electron chi connectivity index (χ2n) is 4.46. The minimum atomic E-state index is 0.143. The Balaban J connectivity index is 2.15. The van der Waals surface area contributed by atoms with E-state index in [-0.39, 0.29) is 5.91 Å². The van der Waals surface area contributed by atoms with E-state index in [1.165, 1.54) is 17.8 Å². The van der Waals surface area contributed by atoms with E-state index < -0.39 is 0 Å². The lowest BCUT2D eigenvalue weighted by Crippen LogP contribution is -2.44. The zero-order valence-electron chi connectivity index (χ0n) is 9.99. The molecule has 1 aliphatic rings. The van der Waals surface area contributed by atoms with Crippen LogP contribution in [-0.2, 0) is 0 Å². The number of carbonyl (C=O) groups is 1. The van der Waals surface area contributed by atoms with Crippen molar-refractivity contribution >= 4 is 49.1 Å². The van der Waals surface area contributed by atoms with Crippen molar-refractivity contribution in [2.45, 2.75) is 31.7 Å². The Bertz CT molecular complexity index is 414. The summed E-state index contributed by atoms with van der Waals surface area (Å²) in [6, 6.07) is 2.21. The highest BCUT2D eigenvalue weighted by Crippen LogP contribution is 2.34. The zero-order chi connectivity index (χ0) is 13.1. The van der Waals surface area contributed by atoms with Crippen LogP contribution in [0.15, 0.2) is 14.3 Å². The SMILES string of the molecule is NCCC1CCCCN1C(=O)c1cc(Br)c(Br)s1. The third-order valence-electron chi connectivity index (χ3n) is 3.24. The molecule has 18 heavy (non-hydrogen) atoms. The van der Waals surface area contributed by atoms with Crippen molar-refractivity contribution in [1.29, 1.82) is 0 Å². The average molecular weight is 396 g/mol. The topological polar surface area (TPSA) is 46.3 Å². The number of hydrogen-bond acceptors (Lipinski definition) is 3. The minimum Gasteiger partial charge on any atom is -0.335 e. The molecule has 100 valence electrons. The zero-order valence-corrected chi connectivity index (χ0v) is 14.0. The first kappa shape index (κ1) is 14.5. The van der Waals surface area contributed by atoms with Gasteiger partial charge in [-0.1, -0.05) is 0 Å². The number of thiophene rings is 1. The van der Waals surface area contributed by atoms with Gasteiger partial charge in [-0.2, -0.15) is 0 Å². The molecule has 1 atom stereocenters. The monoisotopic (exact) mass is 394 g/mol. The van der Waals surface area contributed by atoms with Crippen molar-refractivity contribution in [2.24, 2.45) is 5.73 Å². The van der Waals surface area contributed by atoms with E-state index in [9.17, 15) is 4.79 Å². The van der Waals surface area contributed by atoms with Crippen LogP contribution in [0.2, 0.25) is 0 Å². The Hall–Kier alpha value is 0.0900. The molecule has 0 spiro atoms. The highest BCUT2D eigenvalue weighted by molar-refractivity contribution is 9.13. The van der Waals surface area contributed by atoms with Gasteiger partial charge < -0.3 is 10.6 Å². The first-order valence-corrected chi connectivity index (χ1v) is 8.49. The molecule has 0 aromatic carbocycles. The van der Waals surface area contributed by atoms with Crippen molar-refractivity contribution in [3.63, 3.8) is 0 Å². The van der Waals surface area contributed by atoms with Crippen molar-refractivity contribution in [3.8, 4) is 0 Å². The first-order chi connectivity index (χ1) is 8.63. The van der Waals surface area contributed by atoms with Gasteiger partial charge in [0.15, 0.2) is 0 Å². The Morgan fingerprint density at radius 3 is 2.89 bits per heavy atom. The fourth-order valence-corrected chi connectivity index (χ4v) is 4.35. The van der Waals surface area contributed by atoms with Gasteiger partial charge >= 0.3 is 0 Å². The van der Waals surface area contributed by atoms with Gasteiger partial charge in [0, 0.05) is 17.1 Å². The molecular formula is C12H16Br2N2OS. The Kier molecular flexibility index (Phi) is 5.24. The van der Waals surface area contributed by atoms with Gasteiger partial charge in [-0.25, -0.2) is 0 Å². The predicted molar refractivity (Wildman–Crippen MR) is 82.1 cm³/mol. The molecule has 1 saturated heterocycles. The van der Waals surface area contributed by atoms with Crippen LogP contribution in [0.4, 0.5) is 0 Å². The number of nitrogens with zero attached hydrogens (tertiary/aromatic N) is 1. The average Bonchev–Trinajstić information content (AvgIpc) is 2.70. The second kappa shape index (κ2) is 6.50. The van der Waals surface area contributed by atoms with Crippen LogP contribution in [0.5, 0.6) is 0 Å². The first-order valence-electron chi connectivity index (χ1n) is 6.09. The molecule has 1 amide bonds. The summed E-state index contributed by atoms with van der Waals surface area (Å²) in [6.07, 6.45) is 4.28. The van der Waals surface area contributed by atoms with Gasteiger partial charge in [0.05, 0.1) is 8.66 Å². The summed E-state index contributed by atoms with van der Waals surface area (Å²) in [5.74, 6) is 0.143. The molecule has 0 radical (unpaired) electrons. The van der Waals surface area contributed by atoms with Crippen LogP contribution in [0, 0.1) is 0 Å². The van der Waals surface area contributed by atoms with E-state index in [0.29, 0.717) is 12.6 Å². The van der Waals surface area contributed by atoms with E-state index in [1.807, 2.05) is 11.0 Å². The number of piperidine rings is 1. The van der Waals surface area contributed by atoms with Gasteiger partial charge in [-0.3, -0.25) is 4.79 Å². The van der Waals surface area contributed by atoms with Gasteiger partial charge in [0.25, 0.3) is 5.91 Å². The third kappa shape index (κ3) is 3.15. The molecule has 1 fully saturated rings. The number of amides is 1. The van der Waals surface area contributed by atoms with Crippen LogP contribution in [-0.4, -0.2) is 29.9 Å². The van der Waals surface area contributed by atoms with Crippen LogP contribution >= 0.6 is 43.2 Å². The maximum absolute atomic E-state index is 12.5. The molecule has 0 saturated carbocycles. The smallest absolute Gasteiger partial charge is 0.264 e. The maximum atomic E-state index is 12.5. The highest BCUT2D eigenvalue weighted by Gasteiger charge is 2.28. The molecule has 0 aliphatic carbocycles. The Labute approximate surface area is 128 Å². The number of rotatable bonds is 3. The summed E-state index contributed by atoms with van der Waals surface area (Å²) in [4.78, 5) is 15.3. The minimum absolute atomic E-state index is 0.143. The molecule has 1 unspecified atom stereocenters. The van der Waals surface area contributed by atoms with Gasteiger partial charge in [0.2, 0.25) is 0 Å². The van der Waals surface area contributed by atoms with E-state index >= 15 is 0 Å². The number of carbonyl (C=O) groups excluding carboxylic acids is 1. The lowest BCUT2D eigenvalue weighted by Gasteiger charge is -2.35. The summed E-state index contributed by atoms with van der Waals surface area (Å²) in [5, 5.41) is 0. The van der Waals surface area contributed by atoms with Crippen LogP contribution in [0.25, 0.3) is 0 Å². The lowest BCUT2D eigenvalue weighted by molar-refractivity contribution is 0.0610. The van der Waals surface area contributed by atoms with Gasteiger partial charge in [0.1, 0.15) is 0 Å². The molecular weight excluding hydrogens is 380 g/mol. The van der Waals surface area contributed by atoms with Gasteiger partial charge in [-0.05, 0) is 70.2 Å². The standard InChI is InChI=1S/C12H16Br2N2OS/c13-9-7-10(18-11(9)14)12(17)16-6-2-1-3-8(16)4-5-15/h7-8H,1-6,15H2.